The van der Waals surface area contributed by atoms with Crippen LogP contribution in [0.5, 0.6) is 0 Å². The molecule has 0 aliphatic heterocycles. The van der Waals surface area contributed by atoms with Crippen LogP contribution in [0.3, 0.4) is 0 Å². The Morgan fingerprint density at radius 3 is 2.00 bits per heavy atom. The third kappa shape index (κ3) is 3.23. The number of nitrogens with zero attached hydrogens (tertiary/aromatic N) is 1. The van der Waals surface area contributed by atoms with Gasteiger partial charge in [-0.15, -0.1) is 0 Å². The van der Waals surface area contributed by atoms with Crippen LogP contribution in [-0.4, -0.2) is 12.6 Å². The highest BCUT2D eigenvalue weighted by Gasteiger charge is 1.68. The van der Waals surface area contributed by atoms with Gasteiger partial charge in [-0.1, -0.05) is 0 Å². The van der Waals surface area contributed by atoms with E-state index < -0.39 is 0 Å². The van der Waals surface area contributed by atoms with Gasteiger partial charge in [-0.3, -0.25) is 0 Å². The summed E-state index contributed by atoms with van der Waals surface area (Å²) in [6.45, 7) is 0.169. The van der Waals surface area contributed by atoms with Gasteiger partial charge in [0.05, 0.1) is 6.67 Å². The molecule has 0 bridgehead atoms. The van der Waals surface area contributed by atoms with Crippen molar-refractivity contribution in [3.8, 4) is 0 Å². The molecular weight excluding hydrogens is 80.1 g/mol. The first-order valence-corrected chi connectivity index (χ1v) is 1.53. The highest BCUT2D eigenvalue weighted by Crippen LogP contribution is 1.48. The smallest absolute Gasteiger partial charge is 0.187 e. The average Bonchev–Trinajstić information content (AvgIpc) is 1.35. The van der Waals surface area contributed by atoms with Crippen molar-refractivity contribution in [1.82, 2.24) is 0 Å². The fraction of sp³-hybridized carbons (Fsp3) is 0.500. The maximum atomic E-state index is 4.88. The number of aliphatic imine (C=N–C) groups is 1. The van der Waals surface area contributed by atoms with E-state index in [1.165, 1.54) is 0 Å². The molecule has 0 rings (SSSR count). The second-order valence-electron chi connectivity index (χ2n) is 0.766. The van der Waals surface area contributed by atoms with Gasteiger partial charge in [0.15, 0.2) is 5.96 Å². The lowest BCUT2D eigenvalue weighted by molar-refractivity contribution is 1.06. The molecule has 0 atom stereocenters. The summed E-state index contributed by atoms with van der Waals surface area (Å²) in [5, 5.41) is 0. The maximum Gasteiger partial charge on any atom is 0.187 e. The maximum absolute atomic E-state index is 4.88. The van der Waals surface area contributed by atoms with E-state index in [1.807, 2.05) is 0 Å². The van der Waals surface area contributed by atoms with Crippen molar-refractivity contribution in [1.29, 1.82) is 0 Å². The molecule has 0 aromatic carbocycles. The van der Waals surface area contributed by atoms with Crippen LogP contribution in [0.4, 0.5) is 0 Å². The largest absolute Gasteiger partial charge is 0.370 e. The molecule has 36 valence electrons. The summed E-state index contributed by atoms with van der Waals surface area (Å²) in [6.07, 6.45) is 0. The topological polar surface area (TPSA) is 90.4 Å². The minimum Gasteiger partial charge on any atom is -0.370 e. The summed E-state index contributed by atoms with van der Waals surface area (Å²) in [4.78, 5) is 3.38. The predicted molar refractivity (Wildman–Crippen MR) is 24.9 cm³/mol. The Morgan fingerprint density at radius 2 is 2.00 bits per heavy atom. The molecule has 0 radical (unpaired) electrons. The van der Waals surface area contributed by atoms with Crippen LogP contribution >= 0.6 is 0 Å². The molecule has 4 nitrogen and oxygen atoms in total. The molecule has 0 spiro atoms. The Labute approximate surface area is 36.0 Å². The highest BCUT2D eigenvalue weighted by molar-refractivity contribution is 5.75. The zero-order valence-corrected chi connectivity index (χ0v) is 3.39. The molecule has 6 N–H and O–H groups in total. The minimum absolute atomic E-state index is 0.0394. The second-order valence-corrected chi connectivity index (χ2v) is 0.766. The van der Waals surface area contributed by atoms with Crippen molar-refractivity contribution in [2.24, 2.45) is 22.2 Å². The van der Waals surface area contributed by atoms with Crippen molar-refractivity contribution in [2.45, 2.75) is 0 Å². The van der Waals surface area contributed by atoms with E-state index in [4.69, 9.17) is 17.2 Å². The zero-order valence-electron chi connectivity index (χ0n) is 3.39. The van der Waals surface area contributed by atoms with E-state index in [9.17, 15) is 0 Å². The molecule has 0 heterocycles. The van der Waals surface area contributed by atoms with Crippen molar-refractivity contribution < 1.29 is 0 Å². The van der Waals surface area contributed by atoms with Gasteiger partial charge in [-0.05, 0) is 0 Å². The van der Waals surface area contributed by atoms with Gasteiger partial charge in [0, 0.05) is 0 Å². The van der Waals surface area contributed by atoms with Gasteiger partial charge < -0.3 is 17.2 Å². The molecule has 0 aliphatic rings. The first-order chi connectivity index (χ1) is 2.77. The molecule has 0 saturated heterocycles. The van der Waals surface area contributed by atoms with Crippen molar-refractivity contribution in [2.75, 3.05) is 6.67 Å². The Balaban J connectivity index is 3.14. The molecule has 0 aromatic rings. The summed E-state index contributed by atoms with van der Waals surface area (Å²) >= 11 is 0. The Hall–Kier alpha value is -0.770. The monoisotopic (exact) mass is 88.1 g/mol. The Bertz CT molecular complexity index is 52.6. The quantitative estimate of drug-likeness (QED) is 0.260. The second kappa shape index (κ2) is 2.47. The van der Waals surface area contributed by atoms with Crippen LogP contribution in [0.1, 0.15) is 0 Å². The van der Waals surface area contributed by atoms with Gasteiger partial charge in [0.25, 0.3) is 0 Å². The fourth-order valence-corrected chi connectivity index (χ4v) is 0.105. The van der Waals surface area contributed by atoms with Crippen LogP contribution in [-0.2, 0) is 0 Å². The van der Waals surface area contributed by atoms with E-state index in [0.717, 1.165) is 0 Å². The molecular formula is C2H8N4. The molecule has 0 unspecified atom stereocenters. The number of hydrogen-bond donors (Lipinski definition) is 3. The van der Waals surface area contributed by atoms with Gasteiger partial charge >= 0.3 is 0 Å². The molecule has 0 saturated carbocycles. The van der Waals surface area contributed by atoms with Gasteiger partial charge in [0.1, 0.15) is 0 Å². The van der Waals surface area contributed by atoms with E-state index in [-0.39, 0.29) is 12.6 Å². The van der Waals surface area contributed by atoms with Crippen LogP contribution in [0.15, 0.2) is 4.99 Å². The third-order valence-electron chi connectivity index (χ3n) is 0.274. The first-order valence-electron chi connectivity index (χ1n) is 1.53. The minimum atomic E-state index is 0.0394. The molecule has 6 heavy (non-hydrogen) atoms. The summed E-state index contributed by atoms with van der Waals surface area (Å²) in [6, 6.07) is 0. The van der Waals surface area contributed by atoms with E-state index in [2.05, 4.69) is 4.99 Å². The lowest BCUT2D eigenvalue weighted by Gasteiger charge is -1.82. The number of nitrogens with two attached hydrogens (primary N) is 3. The fourth-order valence-electron chi connectivity index (χ4n) is 0.105. The van der Waals surface area contributed by atoms with Crippen LogP contribution in [0.25, 0.3) is 0 Å². The van der Waals surface area contributed by atoms with Crippen LogP contribution < -0.4 is 17.2 Å². The molecule has 0 aromatic heterocycles. The van der Waals surface area contributed by atoms with Crippen molar-refractivity contribution >= 4 is 5.96 Å². The third-order valence-corrected chi connectivity index (χ3v) is 0.274. The zero-order chi connectivity index (χ0) is 4.99. The summed E-state index contributed by atoms with van der Waals surface area (Å²) < 4.78 is 0. The predicted octanol–water partition coefficient (Wildman–Crippen LogP) is -1.82. The standard InChI is InChI=1S/C2H8N4/c3-1-6-2(4)5/h1,3H2,(H4,4,5,6). The Kier molecular flexibility index (Phi) is 2.15. The summed E-state index contributed by atoms with van der Waals surface area (Å²) in [5.74, 6) is 0.0394. The van der Waals surface area contributed by atoms with E-state index >= 15 is 0 Å². The lowest BCUT2D eigenvalue weighted by Crippen LogP contribution is -2.23. The van der Waals surface area contributed by atoms with Gasteiger partial charge in [-0.25, -0.2) is 4.99 Å². The van der Waals surface area contributed by atoms with E-state index in [1.54, 1.807) is 0 Å². The number of rotatable bonds is 1. The SMILES string of the molecule is NCN=C(N)N. The van der Waals surface area contributed by atoms with Gasteiger partial charge in [-0.2, -0.15) is 0 Å². The van der Waals surface area contributed by atoms with Crippen LogP contribution in [0, 0.1) is 0 Å². The average molecular weight is 88.1 g/mol. The molecule has 0 aliphatic carbocycles. The molecule has 4 heteroatoms. The summed E-state index contributed by atoms with van der Waals surface area (Å²) in [7, 11) is 0. The number of guanidine groups is 1. The van der Waals surface area contributed by atoms with Crippen LogP contribution in [0.2, 0.25) is 0 Å². The molecule has 0 amide bonds. The normalized spacial score (nSPS) is 7.50. The van der Waals surface area contributed by atoms with Crippen molar-refractivity contribution in [3.05, 3.63) is 0 Å². The highest BCUT2D eigenvalue weighted by atomic mass is 15.0. The first kappa shape index (κ1) is 5.23. The van der Waals surface area contributed by atoms with E-state index in [0.29, 0.717) is 0 Å². The van der Waals surface area contributed by atoms with Gasteiger partial charge in [0.2, 0.25) is 0 Å². The van der Waals surface area contributed by atoms with Crippen molar-refractivity contribution in [3.63, 3.8) is 0 Å². The lowest BCUT2D eigenvalue weighted by atomic mass is 11.0. The Morgan fingerprint density at radius 1 is 1.50 bits per heavy atom. The number of hydrogen-bond acceptors (Lipinski definition) is 2. The summed E-state index contributed by atoms with van der Waals surface area (Å²) in [5.41, 5.74) is 14.6. The molecule has 0 fully saturated rings.